The Bertz CT molecular complexity index is 221. The standard InChI is InChI=1S/C7H15BrN2O3Si/c1-6(14(8,12)13)2-4-10-5-3-9-7(10)11/h6,12-13H,2-5H2,1H3,(H,9,11). The van der Waals surface area contributed by atoms with Gasteiger partial charge in [-0.2, -0.15) is 0 Å². The maximum absolute atomic E-state index is 11.1. The largest absolute Gasteiger partial charge is 0.411 e. The van der Waals surface area contributed by atoms with Crippen LogP contribution in [-0.4, -0.2) is 47.3 Å². The van der Waals surface area contributed by atoms with E-state index in [9.17, 15) is 14.4 Å². The minimum Gasteiger partial charge on any atom is -0.403 e. The van der Waals surface area contributed by atoms with Crippen LogP contribution in [0, 0.1) is 0 Å². The van der Waals surface area contributed by atoms with Gasteiger partial charge in [0.25, 0.3) is 0 Å². The maximum atomic E-state index is 11.1. The fourth-order valence-corrected chi connectivity index (χ4v) is 2.44. The van der Waals surface area contributed by atoms with Gasteiger partial charge in [-0.05, 0) is 6.42 Å². The number of carbonyl (C=O) groups is 1. The number of urea groups is 1. The van der Waals surface area contributed by atoms with E-state index in [1.165, 1.54) is 0 Å². The lowest BCUT2D eigenvalue weighted by atomic mass is 10.3. The molecule has 2 amide bonds. The van der Waals surface area contributed by atoms with Gasteiger partial charge in [-0.1, -0.05) is 22.2 Å². The molecular weight excluding hydrogens is 268 g/mol. The molecule has 82 valence electrons. The highest BCUT2D eigenvalue weighted by Crippen LogP contribution is 2.25. The molecule has 1 atom stereocenters. The Morgan fingerprint density at radius 3 is 2.79 bits per heavy atom. The predicted molar refractivity (Wildman–Crippen MR) is 58.1 cm³/mol. The molecule has 0 aliphatic carbocycles. The molecule has 1 rings (SSSR count). The van der Waals surface area contributed by atoms with Gasteiger partial charge in [0.2, 0.25) is 0 Å². The number of hydrogen-bond acceptors (Lipinski definition) is 3. The molecule has 0 aromatic heterocycles. The highest BCUT2D eigenvalue weighted by atomic mass is 79.9. The molecule has 7 heteroatoms. The van der Waals surface area contributed by atoms with E-state index in [2.05, 4.69) is 20.6 Å². The average Bonchev–Trinajstić information content (AvgIpc) is 2.45. The molecular formula is C7H15BrN2O3Si. The molecule has 0 aromatic rings. The Morgan fingerprint density at radius 1 is 1.71 bits per heavy atom. The number of nitrogens with one attached hydrogen (secondary N) is 1. The third-order valence-corrected chi connectivity index (χ3v) is 6.29. The first kappa shape index (κ1) is 12.0. The van der Waals surface area contributed by atoms with E-state index in [0.29, 0.717) is 26.1 Å². The van der Waals surface area contributed by atoms with E-state index in [1.54, 1.807) is 11.8 Å². The number of amides is 2. The van der Waals surface area contributed by atoms with Crippen LogP contribution in [0.25, 0.3) is 0 Å². The van der Waals surface area contributed by atoms with Crippen LogP contribution in [0.3, 0.4) is 0 Å². The molecule has 1 aliphatic rings. The SMILES string of the molecule is CC(CCN1CCNC1=O)[Si](O)(O)Br. The molecule has 0 spiro atoms. The van der Waals surface area contributed by atoms with Crippen molar-refractivity contribution in [2.75, 3.05) is 19.6 Å². The van der Waals surface area contributed by atoms with E-state index in [0.717, 1.165) is 0 Å². The zero-order chi connectivity index (χ0) is 10.8. The van der Waals surface area contributed by atoms with Gasteiger partial charge in [0.1, 0.15) is 0 Å². The van der Waals surface area contributed by atoms with Crippen LogP contribution in [-0.2, 0) is 0 Å². The summed E-state index contributed by atoms with van der Waals surface area (Å²) in [6, 6.07) is -0.0603. The second kappa shape index (κ2) is 4.60. The van der Waals surface area contributed by atoms with Gasteiger partial charge in [0.15, 0.2) is 0 Å². The number of carbonyl (C=O) groups excluding carboxylic acids is 1. The van der Waals surface area contributed by atoms with Crippen molar-refractivity contribution in [1.82, 2.24) is 10.2 Å². The normalized spacial score (nSPS) is 19.7. The van der Waals surface area contributed by atoms with Gasteiger partial charge in [-0.15, -0.1) is 0 Å². The molecule has 1 fully saturated rings. The van der Waals surface area contributed by atoms with Crippen molar-refractivity contribution in [3.8, 4) is 0 Å². The second-order valence-electron chi connectivity index (χ2n) is 3.55. The quantitative estimate of drug-likeness (QED) is 0.506. The summed E-state index contributed by atoms with van der Waals surface area (Å²) in [6.07, 6.45) is 0.609. The summed E-state index contributed by atoms with van der Waals surface area (Å²) in [7, 11) is -3.20. The summed E-state index contributed by atoms with van der Waals surface area (Å²) < 4.78 is 0. The monoisotopic (exact) mass is 282 g/mol. The Balaban J connectivity index is 2.30. The first-order valence-corrected chi connectivity index (χ1v) is 8.80. The smallest absolute Gasteiger partial charge is 0.403 e. The molecule has 1 unspecified atom stereocenters. The summed E-state index contributed by atoms with van der Waals surface area (Å²) in [5, 5.41) is 2.69. The van der Waals surface area contributed by atoms with Crippen LogP contribution >= 0.6 is 15.3 Å². The first-order valence-electron chi connectivity index (χ1n) is 4.57. The van der Waals surface area contributed by atoms with Gasteiger partial charge in [-0.3, -0.25) is 0 Å². The van der Waals surface area contributed by atoms with Crippen LogP contribution in [0.5, 0.6) is 0 Å². The van der Waals surface area contributed by atoms with Gasteiger partial charge < -0.3 is 19.8 Å². The Labute approximate surface area is 91.9 Å². The Hall–Kier alpha value is -0.113. The summed E-state index contributed by atoms with van der Waals surface area (Å²) in [5.41, 5.74) is -0.184. The lowest BCUT2D eigenvalue weighted by molar-refractivity contribution is 0.216. The summed E-state index contributed by atoms with van der Waals surface area (Å²) in [5.74, 6) is 0. The lowest BCUT2D eigenvalue weighted by Crippen LogP contribution is -2.35. The molecule has 0 radical (unpaired) electrons. The minimum absolute atomic E-state index is 0.0603. The van der Waals surface area contributed by atoms with Crippen molar-refractivity contribution in [3.63, 3.8) is 0 Å². The molecule has 5 nitrogen and oxygen atoms in total. The zero-order valence-corrected chi connectivity index (χ0v) is 10.6. The summed E-state index contributed by atoms with van der Waals surface area (Å²) in [6.45, 7) is 3.74. The highest BCUT2D eigenvalue weighted by molar-refractivity contribution is 9.25. The summed E-state index contributed by atoms with van der Waals surface area (Å²) >= 11 is 2.90. The van der Waals surface area contributed by atoms with Crippen molar-refractivity contribution >= 4 is 28.5 Å². The molecule has 0 saturated carbocycles. The fraction of sp³-hybridized carbons (Fsp3) is 0.857. The molecule has 0 aromatic carbocycles. The van der Waals surface area contributed by atoms with E-state index < -0.39 is 7.18 Å². The summed E-state index contributed by atoms with van der Waals surface area (Å²) in [4.78, 5) is 31.4. The van der Waals surface area contributed by atoms with E-state index in [4.69, 9.17) is 0 Å². The number of halogens is 1. The topological polar surface area (TPSA) is 72.8 Å². The van der Waals surface area contributed by atoms with Crippen LogP contribution in [0.2, 0.25) is 5.54 Å². The Morgan fingerprint density at radius 2 is 2.36 bits per heavy atom. The number of nitrogens with zero attached hydrogens (tertiary/aromatic N) is 1. The van der Waals surface area contributed by atoms with Crippen LogP contribution in [0.1, 0.15) is 13.3 Å². The number of hydrogen-bond donors (Lipinski definition) is 3. The van der Waals surface area contributed by atoms with Crippen LogP contribution in [0.4, 0.5) is 4.79 Å². The van der Waals surface area contributed by atoms with Crippen molar-refractivity contribution in [2.24, 2.45) is 0 Å². The first-order chi connectivity index (χ1) is 6.41. The third kappa shape index (κ3) is 3.23. The van der Waals surface area contributed by atoms with E-state index in [1.807, 2.05) is 0 Å². The maximum Gasteiger partial charge on any atom is 0.411 e. The molecule has 3 N–H and O–H groups in total. The zero-order valence-electron chi connectivity index (χ0n) is 8.03. The van der Waals surface area contributed by atoms with Gasteiger partial charge in [-0.25, -0.2) is 4.79 Å². The van der Waals surface area contributed by atoms with Crippen molar-refractivity contribution in [2.45, 2.75) is 18.9 Å². The van der Waals surface area contributed by atoms with Crippen molar-refractivity contribution in [3.05, 3.63) is 0 Å². The fourth-order valence-electron chi connectivity index (χ4n) is 1.26. The average molecular weight is 283 g/mol. The molecule has 1 saturated heterocycles. The van der Waals surface area contributed by atoms with Gasteiger partial charge >= 0.3 is 13.2 Å². The van der Waals surface area contributed by atoms with Crippen molar-refractivity contribution < 1.29 is 14.4 Å². The minimum atomic E-state index is -3.20. The second-order valence-corrected chi connectivity index (χ2v) is 9.30. The number of rotatable bonds is 4. The predicted octanol–water partition coefficient (Wildman–Crippen LogP) is 0.110. The van der Waals surface area contributed by atoms with Gasteiger partial charge in [0.05, 0.1) is 0 Å². The molecule has 0 bridgehead atoms. The molecule has 1 aliphatic heterocycles. The van der Waals surface area contributed by atoms with Crippen LogP contribution < -0.4 is 5.32 Å². The highest BCUT2D eigenvalue weighted by Gasteiger charge is 2.34. The Kier molecular flexibility index (Phi) is 3.93. The molecule has 1 heterocycles. The van der Waals surface area contributed by atoms with E-state index >= 15 is 0 Å². The van der Waals surface area contributed by atoms with E-state index in [-0.39, 0.29) is 11.6 Å². The lowest BCUT2D eigenvalue weighted by Gasteiger charge is -2.21. The third-order valence-electron chi connectivity index (χ3n) is 2.40. The van der Waals surface area contributed by atoms with Gasteiger partial charge in [0, 0.05) is 25.2 Å². The molecule has 14 heavy (non-hydrogen) atoms. The van der Waals surface area contributed by atoms with Crippen LogP contribution in [0.15, 0.2) is 0 Å². The van der Waals surface area contributed by atoms with Crippen molar-refractivity contribution in [1.29, 1.82) is 0 Å².